The van der Waals surface area contributed by atoms with Crippen LogP contribution in [0.1, 0.15) is 58.1 Å². The van der Waals surface area contributed by atoms with E-state index in [0.29, 0.717) is 60.9 Å². The number of hydrogen-bond donors (Lipinski definition) is 1. The second-order valence-electron chi connectivity index (χ2n) is 10.6. The molecule has 43 heavy (non-hydrogen) atoms. The van der Waals surface area contributed by atoms with Crippen LogP contribution in [-0.2, 0) is 37.0 Å². The number of imidazole rings is 1. The quantitative estimate of drug-likeness (QED) is 0.246. The van der Waals surface area contributed by atoms with E-state index < -0.39 is 42.1 Å². The van der Waals surface area contributed by atoms with E-state index in [1.807, 2.05) is 16.4 Å². The first-order chi connectivity index (χ1) is 20.5. The SMILES string of the molecule is C[C@H]1c2nc(OCc3ccc(Cl)cc3F)c(C(F)(F)F)cc2CCN1Cc1nc2ccc(C(=O)O)nc2n1C[C@@H]1CCO1. The standard InChI is InChI=1S/C29H26ClF4N5O4/c1-15-25-16(10-20(29(32,33)34)27(37-25)43-14-17-2-3-18(30)11-21(17)31)6-8-38(15)13-24-35-22-4-5-23(28(40)41)36-26(22)39(24)12-19-7-9-42-19/h2-5,10-11,15,19H,6-9,12-14H2,1H3,(H,40,41)/t15-,19-/m0/s1. The molecule has 2 aliphatic heterocycles. The number of aromatic carboxylic acids is 1. The maximum atomic E-state index is 14.3. The Labute approximate surface area is 248 Å². The van der Waals surface area contributed by atoms with Crippen LogP contribution < -0.4 is 4.74 Å². The number of fused-ring (bicyclic) bond motifs is 2. The summed E-state index contributed by atoms with van der Waals surface area (Å²) in [7, 11) is 0. The number of ether oxygens (including phenoxy) is 2. The smallest absolute Gasteiger partial charge is 0.421 e. The van der Waals surface area contributed by atoms with Crippen LogP contribution in [0.5, 0.6) is 5.88 Å². The Bertz CT molecular complexity index is 1710. The molecule has 14 heteroatoms. The molecule has 5 heterocycles. The van der Waals surface area contributed by atoms with E-state index in [0.717, 1.165) is 18.6 Å². The number of aromatic nitrogens is 4. The van der Waals surface area contributed by atoms with Gasteiger partial charge in [-0.15, -0.1) is 0 Å². The van der Waals surface area contributed by atoms with E-state index in [2.05, 4.69) is 9.97 Å². The van der Waals surface area contributed by atoms with Crippen molar-refractivity contribution in [2.45, 2.75) is 57.8 Å². The van der Waals surface area contributed by atoms with Crippen LogP contribution in [0.4, 0.5) is 17.6 Å². The molecule has 9 nitrogen and oxygen atoms in total. The Balaban J connectivity index is 1.31. The van der Waals surface area contributed by atoms with E-state index in [4.69, 9.17) is 26.1 Å². The summed E-state index contributed by atoms with van der Waals surface area (Å²) in [5.41, 5.74) is 0.735. The molecule has 1 fully saturated rings. The van der Waals surface area contributed by atoms with Gasteiger partial charge in [0.1, 0.15) is 29.3 Å². The van der Waals surface area contributed by atoms with Gasteiger partial charge in [-0.3, -0.25) is 4.90 Å². The van der Waals surface area contributed by atoms with Crippen molar-refractivity contribution >= 4 is 28.7 Å². The van der Waals surface area contributed by atoms with Crippen LogP contribution in [0.2, 0.25) is 5.02 Å². The summed E-state index contributed by atoms with van der Waals surface area (Å²) in [5.74, 6) is -1.86. The number of hydrogen-bond acceptors (Lipinski definition) is 7. The first kappa shape index (κ1) is 29.3. The number of benzene rings is 1. The minimum atomic E-state index is -4.73. The second kappa shape index (κ2) is 11.4. The van der Waals surface area contributed by atoms with E-state index in [1.54, 1.807) is 6.07 Å². The average molecular weight is 620 g/mol. The maximum absolute atomic E-state index is 14.3. The lowest BCUT2D eigenvalue weighted by Crippen LogP contribution is -2.36. The first-order valence-electron chi connectivity index (χ1n) is 13.6. The van der Waals surface area contributed by atoms with Gasteiger partial charge in [0.05, 0.1) is 30.9 Å². The third kappa shape index (κ3) is 5.89. The third-order valence-electron chi connectivity index (χ3n) is 7.81. The molecular formula is C29H26ClF4N5O4. The number of halogens is 5. The number of rotatable bonds is 8. The summed E-state index contributed by atoms with van der Waals surface area (Å²) in [5, 5.41) is 9.61. The lowest BCUT2D eigenvalue weighted by molar-refractivity contribution is -0.139. The van der Waals surface area contributed by atoms with Crippen LogP contribution in [0, 0.1) is 5.82 Å². The van der Waals surface area contributed by atoms with Crippen LogP contribution >= 0.6 is 11.6 Å². The zero-order valence-corrected chi connectivity index (χ0v) is 23.6. The Morgan fingerprint density at radius 2 is 1.98 bits per heavy atom. The number of carboxylic acids is 1. The van der Waals surface area contributed by atoms with Gasteiger partial charge in [-0.1, -0.05) is 17.7 Å². The molecule has 1 saturated heterocycles. The van der Waals surface area contributed by atoms with Crippen LogP contribution in [-0.4, -0.2) is 54.8 Å². The van der Waals surface area contributed by atoms with Gasteiger partial charge in [-0.2, -0.15) is 13.2 Å². The van der Waals surface area contributed by atoms with Crippen molar-refractivity contribution in [2.24, 2.45) is 0 Å². The molecule has 1 N–H and O–H groups in total. The fourth-order valence-corrected chi connectivity index (χ4v) is 5.51. The molecule has 3 aromatic heterocycles. The molecule has 4 aromatic rings. The first-order valence-corrected chi connectivity index (χ1v) is 14.0. The van der Waals surface area contributed by atoms with Crippen LogP contribution in [0.25, 0.3) is 11.2 Å². The molecule has 0 saturated carbocycles. The fraction of sp³-hybridized carbons (Fsp3) is 0.379. The Morgan fingerprint density at radius 3 is 2.65 bits per heavy atom. The lowest BCUT2D eigenvalue weighted by atomic mass is 9.97. The molecule has 0 unspecified atom stereocenters. The highest BCUT2D eigenvalue weighted by atomic mass is 35.5. The summed E-state index contributed by atoms with van der Waals surface area (Å²) in [6, 6.07) is 7.48. The molecule has 1 aromatic carbocycles. The summed E-state index contributed by atoms with van der Waals surface area (Å²) in [6.07, 6.45) is -3.64. The highest BCUT2D eigenvalue weighted by Gasteiger charge is 2.38. The van der Waals surface area contributed by atoms with Gasteiger partial charge in [-0.25, -0.2) is 24.1 Å². The monoisotopic (exact) mass is 619 g/mol. The van der Waals surface area contributed by atoms with Crippen molar-refractivity contribution in [3.63, 3.8) is 0 Å². The average Bonchev–Trinajstić information content (AvgIpc) is 3.27. The molecular weight excluding hydrogens is 594 g/mol. The highest BCUT2D eigenvalue weighted by Crippen LogP contribution is 2.40. The Morgan fingerprint density at radius 1 is 1.19 bits per heavy atom. The number of alkyl halides is 3. The van der Waals surface area contributed by atoms with Crippen molar-refractivity contribution in [3.05, 3.63) is 81.1 Å². The van der Waals surface area contributed by atoms with Gasteiger partial charge < -0.3 is 19.1 Å². The van der Waals surface area contributed by atoms with Gasteiger partial charge >= 0.3 is 12.1 Å². The van der Waals surface area contributed by atoms with Gasteiger partial charge in [0.25, 0.3) is 0 Å². The molecule has 226 valence electrons. The van der Waals surface area contributed by atoms with Crippen LogP contribution in [0.15, 0.2) is 36.4 Å². The van der Waals surface area contributed by atoms with Crippen molar-refractivity contribution < 1.29 is 36.9 Å². The second-order valence-corrected chi connectivity index (χ2v) is 11.0. The lowest BCUT2D eigenvalue weighted by Gasteiger charge is -2.35. The summed E-state index contributed by atoms with van der Waals surface area (Å²) >= 11 is 5.79. The van der Waals surface area contributed by atoms with Crippen molar-refractivity contribution in [3.8, 4) is 5.88 Å². The molecule has 0 amide bonds. The number of carbonyl (C=O) groups is 1. The minimum absolute atomic E-state index is 0.0423. The van der Waals surface area contributed by atoms with E-state index in [1.165, 1.54) is 18.2 Å². The normalized spacial score (nSPS) is 18.8. The summed E-state index contributed by atoms with van der Waals surface area (Å²) in [4.78, 5) is 27.0. The third-order valence-corrected chi connectivity index (χ3v) is 8.05. The fourth-order valence-electron chi connectivity index (χ4n) is 5.35. The van der Waals surface area contributed by atoms with Crippen molar-refractivity contribution in [1.29, 1.82) is 0 Å². The van der Waals surface area contributed by atoms with E-state index in [9.17, 15) is 27.5 Å². The zero-order valence-electron chi connectivity index (χ0n) is 22.9. The largest absolute Gasteiger partial charge is 0.477 e. The molecule has 0 spiro atoms. The maximum Gasteiger partial charge on any atom is 0.421 e. The topological polar surface area (TPSA) is 103 Å². The van der Waals surface area contributed by atoms with Gasteiger partial charge in [-0.05, 0) is 55.7 Å². The summed E-state index contributed by atoms with van der Waals surface area (Å²) in [6.45, 7) is 3.19. The number of carboxylic acid groups (broad SMARTS) is 1. The number of nitrogens with zero attached hydrogens (tertiary/aromatic N) is 5. The molecule has 0 aliphatic carbocycles. The Kier molecular flexibility index (Phi) is 7.73. The minimum Gasteiger partial charge on any atom is -0.477 e. The van der Waals surface area contributed by atoms with E-state index >= 15 is 0 Å². The highest BCUT2D eigenvalue weighted by molar-refractivity contribution is 6.30. The summed E-state index contributed by atoms with van der Waals surface area (Å²) < 4.78 is 69.3. The van der Waals surface area contributed by atoms with Gasteiger partial charge in [0, 0.05) is 23.7 Å². The number of pyridine rings is 2. The molecule has 0 bridgehead atoms. The molecule has 6 rings (SSSR count). The van der Waals surface area contributed by atoms with E-state index in [-0.39, 0.29) is 22.4 Å². The van der Waals surface area contributed by atoms with Crippen molar-refractivity contribution in [1.82, 2.24) is 24.4 Å². The zero-order chi connectivity index (χ0) is 30.5. The predicted molar refractivity (Wildman–Crippen MR) is 146 cm³/mol. The van der Waals surface area contributed by atoms with Gasteiger partial charge in [0.15, 0.2) is 11.3 Å². The predicted octanol–water partition coefficient (Wildman–Crippen LogP) is 5.82. The Hall–Kier alpha value is -3.81. The van der Waals surface area contributed by atoms with Gasteiger partial charge in [0.2, 0.25) is 5.88 Å². The molecule has 0 radical (unpaired) electrons. The van der Waals surface area contributed by atoms with Crippen molar-refractivity contribution in [2.75, 3.05) is 13.2 Å². The molecule has 2 aliphatic rings. The molecule has 2 atom stereocenters. The van der Waals surface area contributed by atoms with Crippen LogP contribution in [0.3, 0.4) is 0 Å².